The molecule has 0 saturated carbocycles. The number of anilines is 3. The van der Waals surface area contributed by atoms with Crippen LogP contribution in [0, 0.1) is 12.7 Å². The second-order valence-corrected chi connectivity index (χ2v) is 5.44. The Morgan fingerprint density at radius 1 is 1.24 bits per heavy atom. The second-order valence-electron chi connectivity index (χ2n) is 4.59. The number of hydrogen-bond donors (Lipinski definition) is 3. The number of carbonyl (C=O) groups is 1. The molecule has 2 rings (SSSR count). The number of rotatable bonds is 3. The summed E-state index contributed by atoms with van der Waals surface area (Å²) < 4.78 is 13.8. The van der Waals surface area contributed by atoms with Gasteiger partial charge in [0, 0.05) is 18.4 Å². The van der Waals surface area contributed by atoms with Crippen LogP contribution in [0.25, 0.3) is 0 Å². The van der Waals surface area contributed by atoms with Gasteiger partial charge >= 0.3 is 0 Å². The average molecular weight is 352 g/mol. The standard InChI is InChI=1S/C15H15BrFN3O/c1-8-5-12(17)11(16)7-13(8)20-14-6-9(18)3-4-10(14)15(21)19-2/h3-7,20H,18H2,1-2H3,(H,19,21). The third-order valence-electron chi connectivity index (χ3n) is 3.05. The summed E-state index contributed by atoms with van der Waals surface area (Å²) in [7, 11) is 1.56. The van der Waals surface area contributed by atoms with E-state index < -0.39 is 0 Å². The summed E-state index contributed by atoms with van der Waals surface area (Å²) in [6.45, 7) is 1.78. The van der Waals surface area contributed by atoms with Gasteiger partial charge in [-0.05, 0) is 58.7 Å². The van der Waals surface area contributed by atoms with Crippen LogP contribution in [-0.2, 0) is 0 Å². The summed E-state index contributed by atoms with van der Waals surface area (Å²) in [5, 5.41) is 5.70. The SMILES string of the molecule is CNC(=O)c1ccc(N)cc1Nc1cc(Br)c(F)cc1C. The minimum atomic E-state index is -0.336. The van der Waals surface area contributed by atoms with Gasteiger partial charge in [-0.25, -0.2) is 4.39 Å². The Bertz CT molecular complexity index is 704. The van der Waals surface area contributed by atoms with E-state index in [9.17, 15) is 9.18 Å². The number of halogens is 2. The maximum atomic E-state index is 13.5. The molecule has 110 valence electrons. The molecule has 21 heavy (non-hydrogen) atoms. The third kappa shape index (κ3) is 3.33. The molecule has 0 radical (unpaired) electrons. The zero-order chi connectivity index (χ0) is 15.6. The van der Waals surface area contributed by atoms with Crippen molar-refractivity contribution in [3.8, 4) is 0 Å². The van der Waals surface area contributed by atoms with Gasteiger partial charge in [0.1, 0.15) is 5.82 Å². The van der Waals surface area contributed by atoms with Gasteiger partial charge in [-0.3, -0.25) is 4.79 Å². The molecule has 4 nitrogen and oxygen atoms in total. The fourth-order valence-corrected chi connectivity index (χ4v) is 2.27. The van der Waals surface area contributed by atoms with Crippen molar-refractivity contribution in [2.45, 2.75) is 6.92 Å². The molecule has 0 saturated heterocycles. The Balaban J connectivity index is 2.46. The topological polar surface area (TPSA) is 67.2 Å². The van der Waals surface area contributed by atoms with Gasteiger partial charge in [0.05, 0.1) is 15.7 Å². The first kappa shape index (κ1) is 15.3. The third-order valence-corrected chi connectivity index (χ3v) is 3.66. The largest absolute Gasteiger partial charge is 0.399 e. The van der Waals surface area contributed by atoms with Gasteiger partial charge < -0.3 is 16.4 Å². The predicted molar refractivity (Wildman–Crippen MR) is 86.4 cm³/mol. The van der Waals surface area contributed by atoms with Gasteiger partial charge in [-0.2, -0.15) is 0 Å². The van der Waals surface area contributed by atoms with Crippen molar-refractivity contribution in [2.24, 2.45) is 0 Å². The Morgan fingerprint density at radius 2 is 1.95 bits per heavy atom. The number of nitrogens with two attached hydrogens (primary N) is 1. The van der Waals surface area contributed by atoms with Crippen LogP contribution >= 0.6 is 15.9 Å². The fourth-order valence-electron chi connectivity index (χ4n) is 1.92. The molecule has 0 aromatic heterocycles. The lowest BCUT2D eigenvalue weighted by Crippen LogP contribution is -2.19. The number of nitrogen functional groups attached to an aromatic ring is 1. The molecule has 0 aliphatic rings. The van der Waals surface area contributed by atoms with E-state index in [1.54, 1.807) is 38.2 Å². The van der Waals surface area contributed by atoms with E-state index in [4.69, 9.17) is 5.73 Å². The average Bonchev–Trinajstić information content (AvgIpc) is 2.44. The highest BCUT2D eigenvalue weighted by Crippen LogP contribution is 2.29. The van der Waals surface area contributed by atoms with Crippen molar-refractivity contribution < 1.29 is 9.18 Å². The van der Waals surface area contributed by atoms with Crippen molar-refractivity contribution in [2.75, 3.05) is 18.1 Å². The minimum Gasteiger partial charge on any atom is -0.399 e. The van der Waals surface area contributed by atoms with Crippen LogP contribution in [-0.4, -0.2) is 13.0 Å². The van der Waals surface area contributed by atoms with Crippen molar-refractivity contribution in [1.82, 2.24) is 5.32 Å². The number of carbonyl (C=O) groups excluding carboxylic acids is 1. The first-order valence-corrected chi connectivity index (χ1v) is 7.06. The Kier molecular flexibility index (Phi) is 4.47. The number of amides is 1. The van der Waals surface area contributed by atoms with Crippen LogP contribution in [0.2, 0.25) is 0 Å². The first-order chi connectivity index (χ1) is 9.92. The molecule has 2 aromatic rings. The Hall–Kier alpha value is -2.08. The van der Waals surface area contributed by atoms with E-state index in [1.165, 1.54) is 6.07 Å². The van der Waals surface area contributed by atoms with Crippen molar-refractivity contribution in [3.05, 3.63) is 51.7 Å². The number of aryl methyl sites for hydroxylation is 1. The fraction of sp³-hybridized carbons (Fsp3) is 0.133. The highest BCUT2D eigenvalue weighted by Gasteiger charge is 2.12. The molecular formula is C15H15BrFN3O. The van der Waals surface area contributed by atoms with Crippen LogP contribution in [0.1, 0.15) is 15.9 Å². The quantitative estimate of drug-likeness (QED) is 0.740. The van der Waals surface area contributed by atoms with Crippen molar-refractivity contribution >= 4 is 38.9 Å². The molecule has 0 aliphatic carbocycles. The molecular weight excluding hydrogens is 337 g/mol. The summed E-state index contributed by atoms with van der Waals surface area (Å²) >= 11 is 3.15. The van der Waals surface area contributed by atoms with E-state index in [1.807, 2.05) is 0 Å². The van der Waals surface area contributed by atoms with E-state index >= 15 is 0 Å². The van der Waals surface area contributed by atoms with E-state index in [0.717, 1.165) is 5.56 Å². The molecule has 4 N–H and O–H groups in total. The van der Waals surface area contributed by atoms with Crippen LogP contribution in [0.4, 0.5) is 21.5 Å². The lowest BCUT2D eigenvalue weighted by atomic mass is 10.1. The zero-order valence-electron chi connectivity index (χ0n) is 11.6. The van der Waals surface area contributed by atoms with Crippen LogP contribution in [0.15, 0.2) is 34.8 Å². The molecule has 0 atom stereocenters. The predicted octanol–water partition coefficient (Wildman–Crippen LogP) is 3.58. The van der Waals surface area contributed by atoms with E-state index in [0.29, 0.717) is 27.1 Å². The molecule has 0 fully saturated rings. The van der Waals surface area contributed by atoms with Gasteiger partial charge in [0.2, 0.25) is 0 Å². The van der Waals surface area contributed by atoms with Crippen molar-refractivity contribution in [1.29, 1.82) is 0 Å². The summed E-state index contributed by atoms with van der Waals surface area (Å²) in [5.74, 6) is -0.562. The van der Waals surface area contributed by atoms with Crippen LogP contribution in [0.5, 0.6) is 0 Å². The number of benzene rings is 2. The van der Waals surface area contributed by atoms with Crippen LogP contribution < -0.4 is 16.4 Å². The van der Waals surface area contributed by atoms with Crippen LogP contribution in [0.3, 0.4) is 0 Å². The van der Waals surface area contributed by atoms with Gasteiger partial charge in [-0.15, -0.1) is 0 Å². The summed E-state index contributed by atoms with van der Waals surface area (Å²) in [6.07, 6.45) is 0. The molecule has 0 aliphatic heterocycles. The maximum absolute atomic E-state index is 13.5. The summed E-state index contributed by atoms with van der Waals surface area (Å²) in [5.41, 5.74) is 8.75. The number of hydrogen-bond acceptors (Lipinski definition) is 3. The monoisotopic (exact) mass is 351 g/mol. The summed E-state index contributed by atoms with van der Waals surface area (Å²) in [4.78, 5) is 11.9. The number of nitrogens with one attached hydrogen (secondary N) is 2. The maximum Gasteiger partial charge on any atom is 0.253 e. The molecule has 0 unspecified atom stereocenters. The molecule has 0 heterocycles. The second kappa shape index (κ2) is 6.13. The van der Waals surface area contributed by atoms with Crippen molar-refractivity contribution in [3.63, 3.8) is 0 Å². The van der Waals surface area contributed by atoms with E-state index in [-0.39, 0.29) is 11.7 Å². The smallest absolute Gasteiger partial charge is 0.253 e. The molecule has 1 amide bonds. The normalized spacial score (nSPS) is 10.3. The first-order valence-electron chi connectivity index (χ1n) is 6.26. The van der Waals surface area contributed by atoms with Gasteiger partial charge in [0.15, 0.2) is 0 Å². The zero-order valence-corrected chi connectivity index (χ0v) is 13.2. The lowest BCUT2D eigenvalue weighted by Gasteiger charge is -2.14. The van der Waals surface area contributed by atoms with Gasteiger partial charge in [-0.1, -0.05) is 0 Å². The molecule has 0 bridgehead atoms. The highest BCUT2D eigenvalue weighted by atomic mass is 79.9. The Labute approximate surface area is 130 Å². The van der Waals surface area contributed by atoms with E-state index in [2.05, 4.69) is 26.6 Å². The molecule has 6 heteroatoms. The molecule has 0 spiro atoms. The molecule has 2 aromatic carbocycles. The highest BCUT2D eigenvalue weighted by molar-refractivity contribution is 9.10. The summed E-state index contributed by atoms with van der Waals surface area (Å²) in [6, 6.07) is 8.01. The van der Waals surface area contributed by atoms with Gasteiger partial charge in [0.25, 0.3) is 5.91 Å². The lowest BCUT2D eigenvalue weighted by molar-refractivity contribution is 0.0964. The minimum absolute atomic E-state index is 0.226. The Morgan fingerprint density at radius 3 is 2.62 bits per heavy atom.